The highest BCUT2D eigenvalue weighted by molar-refractivity contribution is 6.32. The number of benzene rings is 2. The van der Waals surface area contributed by atoms with Crippen molar-refractivity contribution < 1.29 is 31.2 Å². The van der Waals surface area contributed by atoms with Gasteiger partial charge in [0.15, 0.2) is 0 Å². The largest absolute Gasteiger partial charge is 0.455 e. The van der Waals surface area contributed by atoms with Gasteiger partial charge in [-0.1, -0.05) is 22.8 Å². The molecular weight excluding hydrogens is 418 g/mol. The van der Waals surface area contributed by atoms with E-state index in [9.17, 15) is 22.0 Å². The summed E-state index contributed by atoms with van der Waals surface area (Å²) in [5.74, 6) is -1.29. The van der Waals surface area contributed by atoms with Gasteiger partial charge >= 0.3 is 17.4 Å². The van der Waals surface area contributed by atoms with Gasteiger partial charge in [-0.3, -0.25) is 0 Å². The SMILES string of the molecule is FC(F)(F)c1ccc(Oc2[c]ccc(-c3noc(C(F)(F)Cl)n3)c2)c(Cl)c1. The second kappa shape index (κ2) is 6.97. The average molecular weight is 424 g/mol. The van der Waals surface area contributed by atoms with Crippen LogP contribution < -0.4 is 4.74 Å². The van der Waals surface area contributed by atoms with Crippen LogP contribution >= 0.6 is 23.2 Å². The van der Waals surface area contributed by atoms with Gasteiger partial charge in [0.25, 0.3) is 0 Å². The maximum atomic E-state index is 13.0. The van der Waals surface area contributed by atoms with Crippen molar-refractivity contribution in [1.29, 1.82) is 0 Å². The Balaban J connectivity index is 1.85. The molecule has 0 N–H and O–H groups in total. The standard InChI is InChI=1S/C16H6Cl2F5N2O2/c17-11-7-9(16(21,22)23)4-5-12(11)26-10-3-1-2-8(6-10)13-24-14(27-25-13)15(18,19)20/h1-2,4-7H. The van der Waals surface area contributed by atoms with Gasteiger partial charge in [-0.15, -0.1) is 0 Å². The maximum absolute atomic E-state index is 13.0. The van der Waals surface area contributed by atoms with Crippen molar-refractivity contribution >= 4 is 23.2 Å². The van der Waals surface area contributed by atoms with E-state index in [-0.39, 0.29) is 27.9 Å². The molecule has 4 nitrogen and oxygen atoms in total. The lowest BCUT2D eigenvalue weighted by atomic mass is 10.2. The molecule has 0 unspecified atom stereocenters. The van der Waals surface area contributed by atoms with Crippen LogP contribution in [0.3, 0.4) is 0 Å². The van der Waals surface area contributed by atoms with Crippen molar-refractivity contribution in [1.82, 2.24) is 10.1 Å². The summed E-state index contributed by atoms with van der Waals surface area (Å²) in [4.78, 5) is 3.48. The third-order valence-electron chi connectivity index (χ3n) is 3.18. The fourth-order valence-corrected chi connectivity index (χ4v) is 2.27. The number of nitrogens with zero attached hydrogens (tertiary/aromatic N) is 2. The summed E-state index contributed by atoms with van der Waals surface area (Å²) in [5, 5.41) is -0.705. The summed E-state index contributed by atoms with van der Waals surface area (Å²) in [6.07, 6.45) is -4.55. The molecule has 1 radical (unpaired) electrons. The predicted octanol–water partition coefficient (Wildman–Crippen LogP) is 6.29. The smallest absolute Gasteiger partial charge is 0.416 e. The van der Waals surface area contributed by atoms with Gasteiger partial charge in [-0.05, 0) is 41.9 Å². The Kier molecular flexibility index (Phi) is 5.00. The molecular formula is C16H6Cl2F5N2O2. The van der Waals surface area contributed by atoms with E-state index in [0.717, 1.165) is 18.2 Å². The zero-order valence-corrected chi connectivity index (χ0v) is 14.3. The summed E-state index contributed by atoms with van der Waals surface area (Å²) in [7, 11) is 0. The minimum atomic E-state index is -4.55. The molecule has 0 aliphatic carbocycles. The second-order valence-corrected chi connectivity index (χ2v) is 5.99. The van der Waals surface area contributed by atoms with Crippen LogP contribution in [0.5, 0.6) is 11.5 Å². The molecule has 1 aromatic heterocycles. The first-order chi connectivity index (χ1) is 12.5. The van der Waals surface area contributed by atoms with Crippen molar-refractivity contribution in [2.45, 2.75) is 11.6 Å². The summed E-state index contributed by atoms with van der Waals surface area (Å²) >= 11 is 10.6. The van der Waals surface area contributed by atoms with E-state index in [1.807, 2.05) is 0 Å². The number of hydrogen-bond donors (Lipinski definition) is 0. The minimum Gasteiger partial charge on any atom is -0.455 e. The Labute approximate surface area is 158 Å². The Morgan fingerprint density at radius 2 is 1.81 bits per heavy atom. The van der Waals surface area contributed by atoms with Crippen LogP contribution in [0, 0.1) is 6.07 Å². The third-order valence-corrected chi connectivity index (χ3v) is 3.64. The van der Waals surface area contributed by atoms with E-state index in [2.05, 4.69) is 20.7 Å². The molecule has 3 rings (SSSR count). The number of aromatic nitrogens is 2. The molecule has 0 fully saturated rings. The van der Waals surface area contributed by atoms with Gasteiger partial charge < -0.3 is 9.26 Å². The van der Waals surface area contributed by atoms with Crippen molar-refractivity contribution in [2.75, 3.05) is 0 Å². The Hall–Kier alpha value is -2.39. The molecule has 27 heavy (non-hydrogen) atoms. The van der Waals surface area contributed by atoms with Crippen LogP contribution in [0.15, 0.2) is 40.9 Å². The molecule has 2 aromatic carbocycles. The topological polar surface area (TPSA) is 48.2 Å². The minimum absolute atomic E-state index is 0.0399. The van der Waals surface area contributed by atoms with Crippen molar-refractivity contribution in [3.63, 3.8) is 0 Å². The zero-order valence-electron chi connectivity index (χ0n) is 12.8. The summed E-state index contributed by atoms with van der Waals surface area (Å²) in [5.41, 5.74) is -0.707. The Morgan fingerprint density at radius 1 is 1.07 bits per heavy atom. The van der Waals surface area contributed by atoms with Crippen molar-refractivity contribution in [3.8, 4) is 22.9 Å². The third kappa shape index (κ3) is 4.48. The van der Waals surface area contributed by atoms with Crippen molar-refractivity contribution in [2.24, 2.45) is 0 Å². The van der Waals surface area contributed by atoms with Crippen LogP contribution in [0.4, 0.5) is 22.0 Å². The molecule has 0 saturated carbocycles. The summed E-state index contributed by atoms with van der Waals surface area (Å²) in [6.45, 7) is 0. The molecule has 0 bridgehead atoms. The van der Waals surface area contributed by atoms with E-state index in [1.54, 1.807) is 0 Å². The molecule has 0 atom stereocenters. The number of alkyl halides is 6. The predicted molar refractivity (Wildman–Crippen MR) is 84.8 cm³/mol. The first-order valence-electron chi connectivity index (χ1n) is 7.01. The fraction of sp³-hybridized carbons (Fsp3) is 0.125. The second-order valence-electron chi connectivity index (χ2n) is 5.11. The van der Waals surface area contributed by atoms with Crippen LogP contribution in [-0.2, 0) is 11.6 Å². The summed E-state index contributed by atoms with van der Waals surface area (Å²) in [6, 6.07) is 9.36. The first-order valence-corrected chi connectivity index (χ1v) is 7.77. The zero-order chi connectivity index (χ0) is 19.8. The van der Waals surface area contributed by atoms with E-state index in [4.69, 9.17) is 27.9 Å². The fourth-order valence-electron chi connectivity index (χ4n) is 1.98. The number of ether oxygens (including phenoxy) is 1. The van der Waals surface area contributed by atoms with Crippen LogP contribution in [0.25, 0.3) is 11.4 Å². The molecule has 0 aliphatic heterocycles. The average Bonchev–Trinajstić information content (AvgIpc) is 3.06. The van der Waals surface area contributed by atoms with E-state index in [1.165, 1.54) is 18.2 Å². The van der Waals surface area contributed by atoms with Gasteiger partial charge in [-0.2, -0.15) is 26.9 Å². The molecule has 0 spiro atoms. The number of hydrogen-bond acceptors (Lipinski definition) is 4. The van der Waals surface area contributed by atoms with E-state index < -0.39 is 23.0 Å². The normalized spacial score (nSPS) is 12.3. The van der Waals surface area contributed by atoms with Gasteiger partial charge in [-0.25, -0.2) is 0 Å². The lowest BCUT2D eigenvalue weighted by Gasteiger charge is -2.11. The van der Waals surface area contributed by atoms with E-state index in [0.29, 0.717) is 0 Å². The van der Waals surface area contributed by atoms with Gasteiger partial charge in [0, 0.05) is 11.6 Å². The highest BCUT2D eigenvalue weighted by Gasteiger charge is 2.35. The molecule has 3 aromatic rings. The summed E-state index contributed by atoms with van der Waals surface area (Å²) < 4.78 is 73.7. The lowest BCUT2D eigenvalue weighted by molar-refractivity contribution is -0.137. The highest BCUT2D eigenvalue weighted by Crippen LogP contribution is 2.37. The lowest BCUT2D eigenvalue weighted by Crippen LogP contribution is -2.04. The van der Waals surface area contributed by atoms with Gasteiger partial charge in [0.1, 0.15) is 11.5 Å². The molecule has 0 saturated heterocycles. The maximum Gasteiger partial charge on any atom is 0.416 e. The Morgan fingerprint density at radius 3 is 2.41 bits per heavy atom. The van der Waals surface area contributed by atoms with Crippen LogP contribution in [0.2, 0.25) is 5.02 Å². The number of rotatable bonds is 4. The van der Waals surface area contributed by atoms with Crippen LogP contribution in [0.1, 0.15) is 11.5 Å². The monoisotopic (exact) mass is 423 g/mol. The molecule has 141 valence electrons. The Bertz CT molecular complexity index is 970. The van der Waals surface area contributed by atoms with E-state index >= 15 is 0 Å². The molecule has 1 heterocycles. The highest BCUT2D eigenvalue weighted by atomic mass is 35.5. The first kappa shape index (κ1) is 19.4. The number of halogens is 7. The molecule has 11 heteroatoms. The van der Waals surface area contributed by atoms with Gasteiger partial charge in [0.2, 0.25) is 5.82 Å². The van der Waals surface area contributed by atoms with Gasteiger partial charge in [0.05, 0.1) is 10.6 Å². The molecule has 0 aliphatic rings. The van der Waals surface area contributed by atoms with Crippen molar-refractivity contribution in [3.05, 3.63) is 58.9 Å². The quantitative estimate of drug-likeness (QED) is 0.365. The van der Waals surface area contributed by atoms with Crippen LogP contribution in [-0.4, -0.2) is 10.1 Å². The molecule has 0 amide bonds.